The summed E-state index contributed by atoms with van der Waals surface area (Å²) in [7, 11) is 0. The van der Waals surface area contributed by atoms with E-state index in [1.807, 2.05) is 0 Å². The van der Waals surface area contributed by atoms with Crippen LogP contribution in [-0.2, 0) is 0 Å². The van der Waals surface area contributed by atoms with Crippen LogP contribution in [0.4, 0.5) is 14.5 Å². The fourth-order valence-corrected chi connectivity index (χ4v) is 1.39. The molecule has 3 N–H and O–H groups in total. The molecule has 0 spiro atoms. The van der Waals surface area contributed by atoms with Gasteiger partial charge in [0, 0.05) is 17.1 Å². The zero-order valence-corrected chi connectivity index (χ0v) is 9.24. The Labute approximate surface area is 89.6 Å². The van der Waals surface area contributed by atoms with Gasteiger partial charge in [0.15, 0.2) is 0 Å². The van der Waals surface area contributed by atoms with E-state index in [-0.39, 0.29) is 11.7 Å². The van der Waals surface area contributed by atoms with Crippen molar-refractivity contribution in [1.82, 2.24) is 0 Å². The Balaban J connectivity index is 2.96. The van der Waals surface area contributed by atoms with E-state index in [1.54, 1.807) is 6.92 Å². The largest absolute Gasteiger partial charge is 0.377 e. The lowest BCUT2D eigenvalue weighted by Gasteiger charge is -2.14. The van der Waals surface area contributed by atoms with Gasteiger partial charge in [-0.2, -0.15) is 0 Å². The van der Waals surface area contributed by atoms with Crippen LogP contribution in [0.2, 0.25) is 0 Å². The van der Waals surface area contributed by atoms with Gasteiger partial charge in [-0.15, -0.1) is 0 Å². The highest BCUT2D eigenvalue weighted by Gasteiger charge is 2.11. The number of hydrogen-bond acceptors (Lipinski definition) is 2. The van der Waals surface area contributed by atoms with E-state index in [0.717, 1.165) is 0 Å². The van der Waals surface area contributed by atoms with Crippen LogP contribution in [0.3, 0.4) is 0 Å². The van der Waals surface area contributed by atoms with E-state index in [1.165, 1.54) is 12.1 Å². The van der Waals surface area contributed by atoms with Crippen molar-refractivity contribution in [3.05, 3.63) is 28.2 Å². The average Bonchev–Trinajstić information content (AvgIpc) is 2.10. The third-order valence-corrected chi connectivity index (χ3v) is 2.21. The van der Waals surface area contributed by atoms with Gasteiger partial charge >= 0.3 is 0 Å². The van der Waals surface area contributed by atoms with Crippen molar-refractivity contribution in [1.29, 1.82) is 0 Å². The zero-order valence-electron chi connectivity index (χ0n) is 7.65. The first kappa shape index (κ1) is 11.4. The summed E-state index contributed by atoms with van der Waals surface area (Å²) in [5.41, 5.74) is 5.20. The topological polar surface area (TPSA) is 38.0 Å². The summed E-state index contributed by atoms with van der Waals surface area (Å²) in [5, 5.41) is 2.66. The lowest BCUT2D eigenvalue weighted by molar-refractivity contribution is 0.582. The van der Waals surface area contributed by atoms with Gasteiger partial charge in [-0.05, 0) is 19.1 Å². The summed E-state index contributed by atoms with van der Waals surface area (Å²) < 4.78 is 26.8. The molecule has 0 bridgehead atoms. The molecule has 1 aromatic rings. The molecular formula is C9H11BrF2N2. The zero-order chi connectivity index (χ0) is 10.7. The maximum absolute atomic E-state index is 13.2. The molecule has 1 rings (SSSR count). The van der Waals surface area contributed by atoms with E-state index in [9.17, 15) is 8.78 Å². The second-order valence-electron chi connectivity index (χ2n) is 3.03. The van der Waals surface area contributed by atoms with Gasteiger partial charge in [0.25, 0.3) is 0 Å². The Morgan fingerprint density at radius 3 is 2.36 bits per heavy atom. The Morgan fingerprint density at radius 1 is 1.43 bits per heavy atom. The molecule has 0 heterocycles. The molecule has 0 aliphatic rings. The summed E-state index contributed by atoms with van der Waals surface area (Å²) in [4.78, 5) is 0. The van der Waals surface area contributed by atoms with E-state index >= 15 is 0 Å². The van der Waals surface area contributed by atoms with E-state index in [0.29, 0.717) is 11.0 Å². The Morgan fingerprint density at radius 2 is 1.93 bits per heavy atom. The maximum Gasteiger partial charge on any atom is 0.150 e. The van der Waals surface area contributed by atoms with Crippen molar-refractivity contribution < 1.29 is 8.78 Å². The van der Waals surface area contributed by atoms with Crippen LogP contribution >= 0.6 is 15.9 Å². The molecule has 14 heavy (non-hydrogen) atoms. The first-order chi connectivity index (χ1) is 6.54. The molecule has 5 heteroatoms. The molecule has 1 atom stereocenters. The fourth-order valence-electron chi connectivity index (χ4n) is 0.985. The van der Waals surface area contributed by atoms with Crippen molar-refractivity contribution in [3.63, 3.8) is 0 Å². The van der Waals surface area contributed by atoms with Gasteiger partial charge in [-0.25, -0.2) is 8.78 Å². The highest BCUT2D eigenvalue weighted by molar-refractivity contribution is 9.10. The third kappa shape index (κ3) is 2.65. The van der Waals surface area contributed by atoms with Crippen LogP contribution in [0.1, 0.15) is 6.92 Å². The smallest absolute Gasteiger partial charge is 0.150 e. The Hall–Kier alpha value is -0.680. The number of halogens is 3. The van der Waals surface area contributed by atoms with Gasteiger partial charge in [-0.1, -0.05) is 15.9 Å². The van der Waals surface area contributed by atoms with E-state index < -0.39 is 11.6 Å². The molecule has 0 aromatic heterocycles. The van der Waals surface area contributed by atoms with E-state index in [4.69, 9.17) is 5.73 Å². The standard InChI is InChI=1S/C9H11BrF2N2/c1-5(4-13)14-9-7(11)2-6(10)3-8(9)12/h2-3,5,14H,4,13H2,1H3. The van der Waals surface area contributed by atoms with Gasteiger partial charge in [0.05, 0.1) is 0 Å². The minimum atomic E-state index is -0.628. The van der Waals surface area contributed by atoms with Crippen molar-refractivity contribution in [2.45, 2.75) is 13.0 Å². The average molecular weight is 265 g/mol. The molecule has 2 nitrogen and oxygen atoms in total. The summed E-state index contributed by atoms with van der Waals surface area (Å²) in [6, 6.07) is 2.24. The van der Waals surface area contributed by atoms with Crippen LogP contribution in [0.15, 0.2) is 16.6 Å². The molecule has 0 saturated carbocycles. The summed E-state index contributed by atoms with van der Waals surface area (Å²) in [6.07, 6.45) is 0. The molecule has 0 aliphatic carbocycles. The number of hydrogen-bond donors (Lipinski definition) is 2. The normalized spacial score (nSPS) is 12.6. The lowest BCUT2D eigenvalue weighted by atomic mass is 10.2. The number of rotatable bonds is 3. The molecular weight excluding hydrogens is 254 g/mol. The minimum Gasteiger partial charge on any atom is -0.377 e. The van der Waals surface area contributed by atoms with Crippen LogP contribution in [0, 0.1) is 11.6 Å². The molecule has 1 aromatic carbocycles. The minimum absolute atomic E-state index is 0.133. The molecule has 0 aliphatic heterocycles. The first-order valence-corrected chi connectivity index (χ1v) is 4.95. The fraction of sp³-hybridized carbons (Fsp3) is 0.333. The second-order valence-corrected chi connectivity index (χ2v) is 3.94. The SMILES string of the molecule is CC(CN)Nc1c(F)cc(Br)cc1F. The van der Waals surface area contributed by atoms with E-state index in [2.05, 4.69) is 21.2 Å². The maximum atomic E-state index is 13.2. The second kappa shape index (κ2) is 4.70. The molecule has 0 radical (unpaired) electrons. The summed E-state index contributed by atoms with van der Waals surface area (Å²) in [5.74, 6) is -1.26. The molecule has 0 fully saturated rings. The number of nitrogens with one attached hydrogen (secondary N) is 1. The third-order valence-electron chi connectivity index (χ3n) is 1.75. The predicted octanol–water partition coefficient (Wildman–Crippen LogP) is 2.49. The summed E-state index contributed by atoms with van der Waals surface area (Å²) >= 11 is 3.00. The number of nitrogens with two attached hydrogens (primary N) is 1. The quantitative estimate of drug-likeness (QED) is 0.881. The van der Waals surface area contributed by atoms with Crippen molar-refractivity contribution in [3.8, 4) is 0 Å². The summed E-state index contributed by atoms with van der Waals surface area (Å²) in [6.45, 7) is 2.07. The van der Waals surface area contributed by atoms with Crippen molar-refractivity contribution >= 4 is 21.6 Å². The van der Waals surface area contributed by atoms with Crippen LogP contribution in [0.5, 0.6) is 0 Å². The predicted molar refractivity (Wildman–Crippen MR) is 56.2 cm³/mol. The number of benzene rings is 1. The highest BCUT2D eigenvalue weighted by Crippen LogP contribution is 2.24. The van der Waals surface area contributed by atoms with Crippen LogP contribution in [-0.4, -0.2) is 12.6 Å². The van der Waals surface area contributed by atoms with Crippen LogP contribution in [0.25, 0.3) is 0 Å². The Bertz CT molecular complexity index is 308. The number of anilines is 1. The monoisotopic (exact) mass is 264 g/mol. The highest BCUT2D eigenvalue weighted by atomic mass is 79.9. The molecule has 0 saturated heterocycles. The molecule has 78 valence electrons. The van der Waals surface area contributed by atoms with Crippen LogP contribution < -0.4 is 11.1 Å². The lowest BCUT2D eigenvalue weighted by Crippen LogP contribution is -2.26. The van der Waals surface area contributed by atoms with Gasteiger partial charge < -0.3 is 11.1 Å². The molecule has 1 unspecified atom stereocenters. The first-order valence-electron chi connectivity index (χ1n) is 4.15. The Kier molecular flexibility index (Phi) is 3.83. The van der Waals surface area contributed by atoms with Gasteiger partial charge in [0.1, 0.15) is 17.3 Å². The van der Waals surface area contributed by atoms with Crippen molar-refractivity contribution in [2.24, 2.45) is 5.73 Å². The van der Waals surface area contributed by atoms with Gasteiger partial charge in [-0.3, -0.25) is 0 Å². The van der Waals surface area contributed by atoms with Gasteiger partial charge in [0.2, 0.25) is 0 Å². The van der Waals surface area contributed by atoms with Crippen molar-refractivity contribution in [2.75, 3.05) is 11.9 Å². The molecule has 0 amide bonds.